The average Bonchev–Trinajstić information content (AvgIpc) is 3.59. The van der Waals surface area contributed by atoms with Gasteiger partial charge in [0.2, 0.25) is 0 Å². The Kier molecular flexibility index (Phi) is 5.93. The van der Waals surface area contributed by atoms with E-state index in [0.29, 0.717) is 23.2 Å². The van der Waals surface area contributed by atoms with E-state index in [2.05, 4.69) is 51.3 Å². The zero-order valence-electron chi connectivity index (χ0n) is 22.4. The van der Waals surface area contributed by atoms with E-state index in [9.17, 15) is 5.11 Å². The number of aliphatic hydroxyl groups excluding tert-OH is 1. The molecule has 2 aromatic heterocycles. The Hall–Kier alpha value is -4.43. The average molecular weight is 534 g/mol. The van der Waals surface area contributed by atoms with Crippen molar-refractivity contribution in [2.75, 3.05) is 19.5 Å². The summed E-state index contributed by atoms with van der Waals surface area (Å²) in [5.74, 6) is 3.07. The van der Waals surface area contributed by atoms with Crippen LogP contribution in [0.5, 0.6) is 11.5 Å². The Bertz CT molecular complexity index is 1590. The second-order valence-corrected chi connectivity index (χ2v) is 10.7. The van der Waals surface area contributed by atoms with Gasteiger partial charge in [-0.2, -0.15) is 0 Å². The van der Waals surface area contributed by atoms with Crippen LogP contribution < -0.4 is 14.8 Å². The molecule has 3 aromatic carbocycles. The first-order chi connectivity index (χ1) is 19.6. The van der Waals surface area contributed by atoms with Crippen molar-refractivity contribution in [3.05, 3.63) is 108 Å². The second kappa shape index (κ2) is 9.64. The van der Waals surface area contributed by atoms with Gasteiger partial charge in [0.1, 0.15) is 28.9 Å². The third-order valence-electron chi connectivity index (χ3n) is 8.64. The molecule has 202 valence electrons. The van der Waals surface area contributed by atoms with Crippen LogP contribution in [0.25, 0.3) is 11.2 Å². The van der Waals surface area contributed by atoms with Gasteiger partial charge in [-0.15, -0.1) is 0 Å². The lowest BCUT2D eigenvalue weighted by Crippen LogP contribution is -2.38. The van der Waals surface area contributed by atoms with Gasteiger partial charge in [-0.3, -0.25) is 0 Å². The molecule has 2 N–H and O–H groups in total. The summed E-state index contributed by atoms with van der Waals surface area (Å²) in [6.45, 7) is 0. The van der Waals surface area contributed by atoms with Crippen molar-refractivity contribution in [2.45, 2.75) is 30.5 Å². The zero-order valence-corrected chi connectivity index (χ0v) is 22.4. The van der Waals surface area contributed by atoms with Gasteiger partial charge in [0, 0.05) is 6.04 Å². The molecule has 2 fully saturated rings. The Labute approximate surface area is 232 Å². The minimum Gasteiger partial charge on any atom is -0.497 e. The number of benzene rings is 3. The largest absolute Gasteiger partial charge is 0.497 e. The van der Waals surface area contributed by atoms with Crippen LogP contribution in [-0.4, -0.2) is 44.9 Å². The lowest BCUT2D eigenvalue weighted by Gasteiger charge is -2.37. The van der Waals surface area contributed by atoms with E-state index in [1.54, 1.807) is 20.5 Å². The number of rotatable bonds is 8. The maximum atomic E-state index is 10.4. The maximum Gasteiger partial charge on any atom is 0.165 e. The molecule has 2 aliphatic carbocycles. The summed E-state index contributed by atoms with van der Waals surface area (Å²) in [6.07, 6.45) is 5.00. The Balaban J connectivity index is 1.41. The summed E-state index contributed by atoms with van der Waals surface area (Å²) < 4.78 is 13.1. The lowest BCUT2D eigenvalue weighted by atomic mass is 9.77. The van der Waals surface area contributed by atoms with E-state index in [1.165, 1.54) is 0 Å². The van der Waals surface area contributed by atoms with E-state index < -0.39 is 5.54 Å². The lowest BCUT2D eigenvalue weighted by molar-refractivity contribution is 0.152. The van der Waals surface area contributed by atoms with Gasteiger partial charge in [-0.1, -0.05) is 54.6 Å². The molecule has 8 heteroatoms. The first-order valence-corrected chi connectivity index (χ1v) is 13.6. The van der Waals surface area contributed by atoms with E-state index in [4.69, 9.17) is 19.4 Å². The fourth-order valence-electron chi connectivity index (χ4n) is 6.49. The highest BCUT2D eigenvalue weighted by atomic mass is 16.5. The van der Waals surface area contributed by atoms with Gasteiger partial charge >= 0.3 is 0 Å². The minimum absolute atomic E-state index is 0.204. The third-order valence-corrected chi connectivity index (χ3v) is 8.64. The fraction of sp³-hybridized carbons (Fsp3) is 0.281. The summed E-state index contributed by atoms with van der Waals surface area (Å²) in [6, 6.07) is 26.7. The third kappa shape index (κ3) is 3.90. The number of imidazole rings is 1. The minimum atomic E-state index is -0.823. The van der Waals surface area contributed by atoms with Crippen molar-refractivity contribution in [1.29, 1.82) is 0 Å². The molecule has 0 bridgehead atoms. The number of nitrogens with zero attached hydrogens (tertiary/aromatic N) is 4. The Morgan fingerprint density at radius 2 is 1.40 bits per heavy atom. The zero-order chi connectivity index (χ0) is 27.3. The number of ether oxygens (including phenoxy) is 2. The number of nitrogens with one attached hydrogen (secondary N) is 1. The monoisotopic (exact) mass is 533 g/mol. The van der Waals surface area contributed by atoms with Crippen molar-refractivity contribution in [2.24, 2.45) is 11.8 Å². The molecule has 0 saturated heterocycles. The summed E-state index contributed by atoms with van der Waals surface area (Å²) in [5.41, 5.74) is 3.70. The van der Waals surface area contributed by atoms with Crippen molar-refractivity contribution < 1.29 is 14.6 Å². The predicted molar refractivity (Wildman–Crippen MR) is 153 cm³/mol. The molecule has 0 aliphatic heterocycles. The highest BCUT2D eigenvalue weighted by molar-refractivity contribution is 5.84. The smallest absolute Gasteiger partial charge is 0.165 e. The molecule has 8 nitrogen and oxygen atoms in total. The van der Waals surface area contributed by atoms with Crippen LogP contribution in [0, 0.1) is 11.8 Å². The molecule has 2 saturated carbocycles. The van der Waals surface area contributed by atoms with Crippen LogP contribution in [0.2, 0.25) is 0 Å². The number of methoxy groups -OCH3 is 2. The molecule has 7 rings (SSSR count). The highest BCUT2D eigenvalue weighted by Crippen LogP contribution is 2.58. The van der Waals surface area contributed by atoms with E-state index in [0.717, 1.165) is 46.7 Å². The van der Waals surface area contributed by atoms with Crippen LogP contribution in [0.3, 0.4) is 0 Å². The molecular weight excluding hydrogens is 502 g/mol. The Morgan fingerprint density at radius 1 is 0.775 bits per heavy atom. The topological polar surface area (TPSA) is 94.3 Å². The molecule has 0 spiro atoms. The second-order valence-electron chi connectivity index (χ2n) is 10.7. The summed E-state index contributed by atoms with van der Waals surface area (Å²) in [4.78, 5) is 14.2. The SMILES string of the molecule is COc1ccc(C(Nc2ncnc3c2ncn3[C@H]2C[C@@H](O)[C@@H]3C[C@@H]32)(c2ccccc2)c2ccc(OC)cc2)cc1. The van der Waals surface area contributed by atoms with Crippen molar-refractivity contribution in [3.63, 3.8) is 0 Å². The van der Waals surface area contributed by atoms with Gasteiger partial charge in [0.05, 0.1) is 26.7 Å². The van der Waals surface area contributed by atoms with Gasteiger partial charge in [0.25, 0.3) is 0 Å². The van der Waals surface area contributed by atoms with Crippen LogP contribution in [0.15, 0.2) is 91.5 Å². The number of hydrogen-bond donors (Lipinski definition) is 2. The number of aliphatic hydroxyl groups is 1. The van der Waals surface area contributed by atoms with E-state index in [1.807, 2.05) is 48.8 Å². The number of anilines is 1. The van der Waals surface area contributed by atoms with E-state index in [-0.39, 0.29) is 12.1 Å². The molecule has 40 heavy (non-hydrogen) atoms. The predicted octanol–water partition coefficient (Wildman–Crippen LogP) is 5.19. The highest BCUT2D eigenvalue weighted by Gasteiger charge is 2.54. The molecule has 0 amide bonds. The fourth-order valence-corrected chi connectivity index (χ4v) is 6.49. The number of aromatic nitrogens is 4. The van der Waals surface area contributed by atoms with Gasteiger partial charge in [-0.05, 0) is 65.6 Å². The van der Waals surface area contributed by atoms with Gasteiger partial charge in [-0.25, -0.2) is 15.0 Å². The molecule has 0 unspecified atom stereocenters. The van der Waals surface area contributed by atoms with E-state index >= 15 is 0 Å². The molecule has 4 atom stereocenters. The first kappa shape index (κ1) is 24.6. The van der Waals surface area contributed by atoms with Crippen LogP contribution in [-0.2, 0) is 5.54 Å². The molecule has 5 aromatic rings. The van der Waals surface area contributed by atoms with Crippen LogP contribution in [0.1, 0.15) is 35.6 Å². The molecular formula is C32H31N5O3. The molecule has 2 heterocycles. The van der Waals surface area contributed by atoms with Crippen molar-refractivity contribution in [3.8, 4) is 11.5 Å². The van der Waals surface area contributed by atoms with Crippen LogP contribution >= 0.6 is 0 Å². The standard InChI is InChI=1S/C32H31N5O3/c1-39-23-12-8-21(9-13-23)32(20-6-4-3-5-7-20,22-10-14-24(40-2)15-11-22)36-30-29-31(34-18-33-30)37(19-35-29)27-17-28(38)26-16-25(26)27/h3-15,18-19,25-28,38H,16-17H2,1-2H3,(H,33,34,36)/t25-,26+,27-,28+/m0/s1. The Morgan fingerprint density at radius 3 is 1.95 bits per heavy atom. The quantitative estimate of drug-likeness (QED) is 0.265. The molecule has 2 aliphatic rings. The van der Waals surface area contributed by atoms with Crippen molar-refractivity contribution in [1.82, 2.24) is 19.5 Å². The summed E-state index contributed by atoms with van der Waals surface area (Å²) in [7, 11) is 3.34. The first-order valence-electron chi connectivity index (χ1n) is 13.6. The van der Waals surface area contributed by atoms with Crippen molar-refractivity contribution >= 4 is 17.0 Å². The number of hydrogen-bond acceptors (Lipinski definition) is 7. The van der Waals surface area contributed by atoms with Gasteiger partial charge in [0.15, 0.2) is 11.5 Å². The van der Waals surface area contributed by atoms with Crippen LogP contribution in [0.4, 0.5) is 5.82 Å². The normalized spacial score (nSPS) is 21.7. The number of fused-ring (bicyclic) bond motifs is 2. The molecule has 0 radical (unpaired) electrons. The maximum absolute atomic E-state index is 10.4. The summed E-state index contributed by atoms with van der Waals surface area (Å²) >= 11 is 0. The van der Waals surface area contributed by atoms with Gasteiger partial charge < -0.3 is 24.5 Å². The summed E-state index contributed by atoms with van der Waals surface area (Å²) in [5, 5.41) is 14.3.